The van der Waals surface area contributed by atoms with Crippen molar-refractivity contribution in [1.82, 2.24) is 0 Å². The van der Waals surface area contributed by atoms with E-state index in [1.807, 2.05) is 47.2 Å². The fourth-order valence-electron chi connectivity index (χ4n) is 4.62. The van der Waals surface area contributed by atoms with Crippen LogP contribution in [0.5, 0.6) is 11.5 Å². The first-order valence-electron chi connectivity index (χ1n) is 11.2. The number of carbonyl (C=O) groups excluding carboxylic acids is 2. The quantitative estimate of drug-likeness (QED) is 0.467. The zero-order valence-corrected chi connectivity index (χ0v) is 20.1. The highest BCUT2D eigenvalue weighted by Crippen LogP contribution is 2.38. The van der Waals surface area contributed by atoms with Gasteiger partial charge in [-0.25, -0.2) is 0 Å². The summed E-state index contributed by atoms with van der Waals surface area (Å²) in [6.07, 6.45) is 6.59. The summed E-state index contributed by atoms with van der Waals surface area (Å²) in [6, 6.07) is 13.2. The number of benzene rings is 2. The first-order chi connectivity index (χ1) is 16.4. The average molecular weight is 480 g/mol. The second kappa shape index (κ2) is 10.3. The molecule has 1 atom stereocenters. The zero-order chi connectivity index (χ0) is 24.2. The minimum absolute atomic E-state index is 0.0830. The first-order valence-corrected chi connectivity index (χ1v) is 11.6. The Balaban J connectivity index is 1.42. The number of carbonyl (C=O) groups is 2. The summed E-state index contributed by atoms with van der Waals surface area (Å²) in [4.78, 5) is 25.1. The number of aryl methyl sites for hydroxylation is 1. The van der Waals surface area contributed by atoms with Gasteiger partial charge in [-0.1, -0.05) is 23.7 Å². The number of amides is 1. The Morgan fingerprint density at radius 3 is 2.62 bits per heavy atom. The number of Topliss-reactive ketones (excluding diaryl/α,β-unsaturated/α-hetero) is 1. The van der Waals surface area contributed by atoms with Gasteiger partial charge in [-0.05, 0) is 61.1 Å². The molecule has 176 valence electrons. The predicted octanol–water partition coefficient (Wildman–Crippen LogP) is 4.17. The van der Waals surface area contributed by atoms with Gasteiger partial charge in [-0.3, -0.25) is 9.59 Å². The fourth-order valence-corrected chi connectivity index (χ4v) is 4.83. The number of rotatable bonds is 9. The summed E-state index contributed by atoms with van der Waals surface area (Å²) in [7, 11) is 3.16. The van der Waals surface area contributed by atoms with Crippen LogP contribution in [0.3, 0.4) is 0 Å². The van der Waals surface area contributed by atoms with Crippen molar-refractivity contribution in [3.05, 3.63) is 87.7 Å². The molecule has 0 bridgehead atoms. The highest BCUT2D eigenvalue weighted by molar-refractivity contribution is 6.30. The van der Waals surface area contributed by atoms with E-state index < -0.39 is 5.91 Å². The zero-order valence-electron chi connectivity index (χ0n) is 19.3. The number of primary amides is 1. The monoisotopic (exact) mass is 479 g/mol. The Bertz CT molecular complexity index is 1240. The van der Waals surface area contributed by atoms with Crippen molar-refractivity contribution >= 4 is 23.3 Å². The number of halogens is 1. The highest BCUT2D eigenvalue weighted by atomic mass is 35.5. The molecule has 1 aliphatic carbocycles. The molecule has 3 aromatic rings. The van der Waals surface area contributed by atoms with E-state index in [1.165, 1.54) is 0 Å². The maximum absolute atomic E-state index is 12.9. The molecule has 0 radical (unpaired) electrons. The van der Waals surface area contributed by atoms with Gasteiger partial charge in [0.2, 0.25) is 0 Å². The Kier molecular flexibility index (Phi) is 7.17. The molecule has 1 aliphatic rings. The highest BCUT2D eigenvalue weighted by Gasteiger charge is 2.31. The van der Waals surface area contributed by atoms with Gasteiger partial charge in [0.1, 0.15) is 5.56 Å². The second-order valence-corrected chi connectivity index (χ2v) is 9.01. The molecule has 0 spiro atoms. The predicted molar refractivity (Wildman–Crippen MR) is 130 cm³/mol. The van der Waals surface area contributed by atoms with E-state index in [0.717, 1.165) is 29.5 Å². The third-order valence-corrected chi connectivity index (χ3v) is 6.57. The molecule has 4 rings (SSSR count). The lowest BCUT2D eigenvalue weighted by Gasteiger charge is -2.09. The van der Waals surface area contributed by atoms with Crippen molar-refractivity contribution in [1.29, 1.82) is 0 Å². The van der Waals surface area contributed by atoms with Gasteiger partial charge in [-0.15, -0.1) is 0 Å². The van der Waals surface area contributed by atoms with Gasteiger partial charge in [-0.2, -0.15) is 4.57 Å². The van der Waals surface area contributed by atoms with Crippen LogP contribution < -0.4 is 19.8 Å². The van der Waals surface area contributed by atoms with Gasteiger partial charge in [0, 0.05) is 28.1 Å². The smallest absolute Gasteiger partial charge is 0.255 e. The third-order valence-electron chi connectivity index (χ3n) is 6.34. The van der Waals surface area contributed by atoms with Crippen molar-refractivity contribution in [2.45, 2.75) is 32.2 Å². The van der Waals surface area contributed by atoms with E-state index in [0.29, 0.717) is 47.0 Å². The molecule has 2 aromatic carbocycles. The molecule has 1 unspecified atom stereocenters. The van der Waals surface area contributed by atoms with E-state index in [1.54, 1.807) is 26.5 Å². The largest absolute Gasteiger partial charge is 0.493 e. The van der Waals surface area contributed by atoms with Crippen molar-refractivity contribution in [2.24, 2.45) is 11.7 Å². The average Bonchev–Trinajstić information content (AvgIpc) is 3.13. The Hall–Kier alpha value is -3.38. The number of fused-ring (bicyclic) bond motifs is 1. The van der Waals surface area contributed by atoms with Crippen LogP contribution in [-0.2, 0) is 19.4 Å². The lowest BCUT2D eigenvalue weighted by molar-refractivity contribution is -0.688. The van der Waals surface area contributed by atoms with E-state index in [2.05, 4.69) is 0 Å². The molecule has 34 heavy (non-hydrogen) atoms. The summed E-state index contributed by atoms with van der Waals surface area (Å²) in [6.45, 7) is 0.586. The molecule has 0 fully saturated rings. The lowest BCUT2D eigenvalue weighted by Crippen LogP contribution is -2.36. The number of aromatic nitrogens is 1. The summed E-state index contributed by atoms with van der Waals surface area (Å²) < 4.78 is 12.6. The molecule has 0 aliphatic heterocycles. The van der Waals surface area contributed by atoms with Crippen LogP contribution in [0.25, 0.3) is 0 Å². The van der Waals surface area contributed by atoms with Gasteiger partial charge in [0.05, 0.1) is 14.2 Å². The minimum Gasteiger partial charge on any atom is -0.493 e. The molecule has 1 heterocycles. The topological polar surface area (TPSA) is 82.5 Å². The molecule has 7 heteroatoms. The number of ether oxygens (including phenoxy) is 2. The van der Waals surface area contributed by atoms with E-state index in [-0.39, 0.29) is 11.7 Å². The van der Waals surface area contributed by atoms with Gasteiger partial charge < -0.3 is 15.2 Å². The van der Waals surface area contributed by atoms with Crippen LogP contribution in [0.2, 0.25) is 5.02 Å². The number of ketones is 1. The van der Waals surface area contributed by atoms with E-state index in [4.69, 9.17) is 26.8 Å². The van der Waals surface area contributed by atoms with Crippen LogP contribution in [0, 0.1) is 5.92 Å². The Labute approximate surface area is 204 Å². The number of hydrogen-bond donors (Lipinski definition) is 1. The lowest BCUT2D eigenvalue weighted by atomic mass is 9.95. The van der Waals surface area contributed by atoms with Crippen LogP contribution in [0.4, 0.5) is 0 Å². The van der Waals surface area contributed by atoms with Crippen LogP contribution in [0.1, 0.15) is 50.2 Å². The Morgan fingerprint density at radius 2 is 1.91 bits per heavy atom. The molecular formula is C27H28ClN2O4+. The number of nitrogens with zero attached hydrogens (tertiary/aromatic N) is 1. The van der Waals surface area contributed by atoms with Gasteiger partial charge in [0.15, 0.2) is 36.2 Å². The van der Waals surface area contributed by atoms with Crippen LogP contribution in [-0.4, -0.2) is 25.9 Å². The summed E-state index contributed by atoms with van der Waals surface area (Å²) in [5.41, 5.74) is 9.81. The van der Waals surface area contributed by atoms with E-state index in [9.17, 15) is 9.59 Å². The maximum atomic E-state index is 12.9. The standard InChI is InChI=1S/C27H27ClN2O4/c1-33-24-13-20-12-19(26(31)22(20)14-25(24)34-2)7-4-6-18-9-10-30(16-23(18)27(29)32)15-17-5-3-8-21(28)11-17/h3,5,8-11,13-14,16,19H,4,6-7,12,15H2,1-2H3,(H-,29,32)/p+1. The molecule has 0 saturated heterocycles. The number of nitrogens with two attached hydrogens (primary N) is 1. The maximum Gasteiger partial charge on any atom is 0.255 e. The van der Waals surface area contributed by atoms with Crippen molar-refractivity contribution in [3.8, 4) is 11.5 Å². The fraction of sp³-hybridized carbons (Fsp3) is 0.296. The molecule has 1 amide bonds. The van der Waals surface area contributed by atoms with Gasteiger partial charge in [0.25, 0.3) is 5.91 Å². The van der Waals surface area contributed by atoms with Crippen molar-refractivity contribution in [2.75, 3.05) is 14.2 Å². The molecule has 2 N–H and O–H groups in total. The summed E-state index contributed by atoms with van der Waals surface area (Å²) in [5.74, 6) is 0.797. The summed E-state index contributed by atoms with van der Waals surface area (Å²) in [5, 5.41) is 0.672. The van der Waals surface area contributed by atoms with Crippen molar-refractivity contribution in [3.63, 3.8) is 0 Å². The Morgan fingerprint density at radius 1 is 1.15 bits per heavy atom. The summed E-state index contributed by atoms with van der Waals surface area (Å²) >= 11 is 6.08. The first kappa shape index (κ1) is 23.8. The van der Waals surface area contributed by atoms with Gasteiger partial charge >= 0.3 is 0 Å². The number of pyridine rings is 1. The minimum atomic E-state index is -0.459. The van der Waals surface area contributed by atoms with E-state index >= 15 is 0 Å². The SMILES string of the molecule is COc1cc2c(cc1OC)C(=O)C(CCCc1cc[n+](Cc3cccc(Cl)c3)cc1C(N)=O)C2. The number of hydrogen-bond acceptors (Lipinski definition) is 4. The normalized spacial score (nSPS) is 14.7. The van der Waals surface area contributed by atoms with Crippen molar-refractivity contribution < 1.29 is 23.6 Å². The van der Waals surface area contributed by atoms with Crippen LogP contribution in [0.15, 0.2) is 54.9 Å². The third kappa shape index (κ3) is 5.07. The molecule has 1 aromatic heterocycles. The van der Waals surface area contributed by atoms with Crippen LogP contribution >= 0.6 is 11.6 Å². The molecule has 6 nitrogen and oxygen atoms in total. The second-order valence-electron chi connectivity index (χ2n) is 8.57. The number of methoxy groups -OCH3 is 2. The molecule has 0 saturated carbocycles. The molecular weight excluding hydrogens is 452 g/mol.